The van der Waals surface area contributed by atoms with Gasteiger partial charge < -0.3 is 8.80 Å². The minimum Gasteiger partial charge on any atom is -0.307 e. The molecule has 4 heteroatoms. The summed E-state index contributed by atoms with van der Waals surface area (Å²) in [6.07, 6.45) is 9.54. The topological polar surface area (TPSA) is 34.6 Å². The summed E-state index contributed by atoms with van der Waals surface area (Å²) in [6.45, 7) is 0. The Hall–Kier alpha value is -2.62. The molecule has 0 aliphatic heterocycles. The highest BCUT2D eigenvalue weighted by molar-refractivity contribution is 5.45. The van der Waals surface area contributed by atoms with Crippen molar-refractivity contribution in [3.63, 3.8) is 0 Å². The third-order valence-electron chi connectivity index (χ3n) is 4.32. The zero-order chi connectivity index (χ0) is 13.8. The molecule has 2 atom stereocenters. The fourth-order valence-electron chi connectivity index (χ4n) is 3.11. The Morgan fingerprint density at radius 2 is 1.29 bits per heavy atom. The molecule has 5 rings (SSSR count). The molecule has 1 aliphatic rings. The molecular weight excluding hydrogens is 260 g/mol. The Morgan fingerprint density at radius 1 is 0.762 bits per heavy atom. The number of pyridine rings is 2. The van der Waals surface area contributed by atoms with E-state index in [4.69, 9.17) is 9.97 Å². The van der Waals surface area contributed by atoms with Crippen molar-refractivity contribution < 1.29 is 0 Å². The van der Waals surface area contributed by atoms with Crippen molar-refractivity contribution in [1.29, 1.82) is 0 Å². The molecule has 0 aromatic carbocycles. The first-order chi connectivity index (χ1) is 10.4. The molecule has 4 heterocycles. The number of imidazole rings is 2. The lowest BCUT2D eigenvalue weighted by Gasteiger charge is -1.91. The summed E-state index contributed by atoms with van der Waals surface area (Å²) in [5.74, 6) is 1.02. The average Bonchev–Trinajstić information content (AvgIpc) is 3.02. The maximum Gasteiger partial charge on any atom is 0.136 e. The van der Waals surface area contributed by atoms with Crippen LogP contribution in [0.4, 0.5) is 0 Å². The summed E-state index contributed by atoms with van der Waals surface area (Å²) in [6, 6.07) is 12.2. The molecule has 2 unspecified atom stereocenters. The number of rotatable bonds is 2. The van der Waals surface area contributed by atoms with Crippen LogP contribution in [-0.2, 0) is 0 Å². The van der Waals surface area contributed by atoms with Crippen LogP contribution >= 0.6 is 0 Å². The van der Waals surface area contributed by atoms with Crippen molar-refractivity contribution in [2.24, 2.45) is 0 Å². The maximum atomic E-state index is 4.73. The fraction of sp³-hybridized carbons (Fsp3) is 0.176. The monoisotopic (exact) mass is 274 g/mol. The van der Waals surface area contributed by atoms with E-state index in [-0.39, 0.29) is 0 Å². The Morgan fingerprint density at radius 3 is 1.76 bits per heavy atom. The van der Waals surface area contributed by atoms with Crippen LogP contribution in [0.25, 0.3) is 11.3 Å². The predicted molar refractivity (Wildman–Crippen MR) is 80.5 cm³/mol. The first-order valence-corrected chi connectivity index (χ1v) is 7.26. The van der Waals surface area contributed by atoms with Crippen LogP contribution in [0.15, 0.2) is 61.2 Å². The van der Waals surface area contributed by atoms with Crippen molar-refractivity contribution in [2.45, 2.75) is 18.3 Å². The minimum absolute atomic E-state index is 0.509. The van der Waals surface area contributed by atoms with Gasteiger partial charge in [-0.15, -0.1) is 0 Å². The van der Waals surface area contributed by atoms with Gasteiger partial charge in [0.1, 0.15) is 11.3 Å². The van der Waals surface area contributed by atoms with Gasteiger partial charge in [-0.05, 0) is 30.7 Å². The van der Waals surface area contributed by atoms with Gasteiger partial charge in [-0.25, -0.2) is 9.97 Å². The van der Waals surface area contributed by atoms with Gasteiger partial charge in [0.05, 0.1) is 11.4 Å². The van der Waals surface area contributed by atoms with Crippen molar-refractivity contribution in [3.8, 4) is 0 Å². The van der Waals surface area contributed by atoms with Crippen LogP contribution in [0, 0.1) is 0 Å². The minimum atomic E-state index is 0.509. The highest BCUT2D eigenvalue weighted by Crippen LogP contribution is 2.53. The zero-order valence-corrected chi connectivity index (χ0v) is 11.4. The van der Waals surface area contributed by atoms with Crippen molar-refractivity contribution >= 4 is 11.3 Å². The van der Waals surface area contributed by atoms with Gasteiger partial charge in [-0.2, -0.15) is 0 Å². The summed E-state index contributed by atoms with van der Waals surface area (Å²) in [5, 5.41) is 0. The van der Waals surface area contributed by atoms with Gasteiger partial charge in [-0.1, -0.05) is 12.1 Å². The SMILES string of the molecule is c1ccn2cc(C3CC3c3cn4ccccc4n3)nc2c1. The summed E-state index contributed by atoms with van der Waals surface area (Å²) >= 11 is 0. The van der Waals surface area contributed by atoms with Crippen LogP contribution in [0.1, 0.15) is 29.6 Å². The van der Waals surface area contributed by atoms with E-state index in [9.17, 15) is 0 Å². The molecule has 1 saturated carbocycles. The van der Waals surface area contributed by atoms with Crippen LogP contribution in [0.3, 0.4) is 0 Å². The smallest absolute Gasteiger partial charge is 0.136 e. The lowest BCUT2D eigenvalue weighted by atomic mass is 10.2. The van der Waals surface area contributed by atoms with Crippen LogP contribution < -0.4 is 0 Å². The molecule has 21 heavy (non-hydrogen) atoms. The van der Waals surface area contributed by atoms with Gasteiger partial charge in [0.2, 0.25) is 0 Å². The van der Waals surface area contributed by atoms with Gasteiger partial charge >= 0.3 is 0 Å². The first-order valence-electron chi connectivity index (χ1n) is 7.26. The van der Waals surface area contributed by atoms with E-state index >= 15 is 0 Å². The van der Waals surface area contributed by atoms with E-state index in [1.807, 2.05) is 48.8 Å². The van der Waals surface area contributed by atoms with Gasteiger partial charge in [0, 0.05) is 36.6 Å². The van der Waals surface area contributed by atoms with E-state index in [1.165, 1.54) is 11.4 Å². The van der Waals surface area contributed by atoms with Gasteiger partial charge in [0.15, 0.2) is 0 Å². The summed E-state index contributed by atoms with van der Waals surface area (Å²) < 4.78 is 4.18. The van der Waals surface area contributed by atoms with Gasteiger partial charge in [-0.3, -0.25) is 0 Å². The number of aromatic nitrogens is 4. The molecule has 0 bridgehead atoms. The molecule has 4 aromatic rings. The normalized spacial score (nSPS) is 21.1. The van der Waals surface area contributed by atoms with E-state index in [1.54, 1.807) is 0 Å². The van der Waals surface area contributed by atoms with E-state index in [0.29, 0.717) is 11.8 Å². The molecule has 102 valence electrons. The number of hydrogen-bond donors (Lipinski definition) is 0. The second kappa shape index (κ2) is 3.95. The second-order valence-electron chi connectivity index (χ2n) is 5.71. The van der Waals surface area contributed by atoms with Crippen molar-refractivity contribution in [1.82, 2.24) is 18.8 Å². The van der Waals surface area contributed by atoms with Gasteiger partial charge in [0.25, 0.3) is 0 Å². The number of fused-ring (bicyclic) bond motifs is 2. The molecular formula is C17H14N4. The number of hydrogen-bond acceptors (Lipinski definition) is 2. The first kappa shape index (κ1) is 11.1. The molecule has 0 N–H and O–H groups in total. The second-order valence-corrected chi connectivity index (χ2v) is 5.71. The lowest BCUT2D eigenvalue weighted by molar-refractivity contribution is 0.957. The Labute approximate surface area is 121 Å². The molecule has 0 radical (unpaired) electrons. The Kier molecular flexibility index (Phi) is 2.08. The molecule has 4 nitrogen and oxygen atoms in total. The standard InChI is InChI=1S/C17H14N4/c1-3-7-20-10-14(18-16(20)5-1)12-9-13(12)15-11-21-8-4-2-6-17(21)19-15/h1-8,10-13H,9H2. The van der Waals surface area contributed by atoms with Crippen LogP contribution in [0.2, 0.25) is 0 Å². The summed E-state index contributed by atoms with van der Waals surface area (Å²) in [7, 11) is 0. The van der Waals surface area contributed by atoms with Crippen molar-refractivity contribution in [3.05, 3.63) is 72.6 Å². The molecule has 0 spiro atoms. The third-order valence-corrected chi connectivity index (χ3v) is 4.32. The quantitative estimate of drug-likeness (QED) is 0.562. The molecule has 4 aromatic heterocycles. The van der Waals surface area contributed by atoms with E-state index < -0.39 is 0 Å². The molecule has 1 aliphatic carbocycles. The van der Waals surface area contributed by atoms with Crippen molar-refractivity contribution in [2.75, 3.05) is 0 Å². The molecule has 0 amide bonds. The Balaban J connectivity index is 1.50. The predicted octanol–water partition coefficient (Wildman–Crippen LogP) is 3.25. The third kappa shape index (κ3) is 1.69. The highest BCUT2D eigenvalue weighted by Gasteiger charge is 2.42. The lowest BCUT2D eigenvalue weighted by Crippen LogP contribution is -1.84. The average molecular weight is 274 g/mol. The summed E-state index contributed by atoms with van der Waals surface area (Å²) in [4.78, 5) is 9.47. The maximum absolute atomic E-state index is 4.73. The number of nitrogens with zero attached hydrogens (tertiary/aromatic N) is 4. The molecule has 0 saturated heterocycles. The highest BCUT2D eigenvalue weighted by atomic mass is 15.0. The van der Waals surface area contributed by atoms with Crippen LogP contribution in [-0.4, -0.2) is 18.8 Å². The zero-order valence-electron chi connectivity index (χ0n) is 11.4. The fourth-order valence-corrected chi connectivity index (χ4v) is 3.11. The Bertz CT molecular complexity index is 805. The largest absolute Gasteiger partial charge is 0.307 e. The summed E-state index contributed by atoms with van der Waals surface area (Å²) in [5.41, 5.74) is 4.41. The van der Waals surface area contributed by atoms with Crippen LogP contribution in [0.5, 0.6) is 0 Å². The van der Waals surface area contributed by atoms with E-state index in [0.717, 1.165) is 17.7 Å². The molecule has 1 fully saturated rings. The van der Waals surface area contributed by atoms with E-state index in [2.05, 4.69) is 21.2 Å².